The molecule has 1 nitrogen and oxygen atoms in total. The van der Waals surface area contributed by atoms with E-state index in [-0.39, 0.29) is 16.6 Å². The number of halogens is 1. The maximum absolute atomic E-state index is 11.4. The van der Waals surface area contributed by atoms with Gasteiger partial charge in [0.05, 0.1) is 0 Å². The molecule has 2 aliphatic rings. The lowest BCUT2D eigenvalue weighted by Crippen LogP contribution is -1.96. The SMILES string of the molecule is CC1(C)C(C(=O)Cl)C1c1ccc(C2CC2)cc1. The number of rotatable bonds is 3. The number of benzene rings is 1. The van der Waals surface area contributed by atoms with Crippen LogP contribution in [0, 0.1) is 11.3 Å². The Hall–Kier alpha value is -0.820. The highest BCUT2D eigenvalue weighted by Crippen LogP contribution is 2.65. The predicted molar refractivity (Wildman–Crippen MR) is 69.3 cm³/mol. The van der Waals surface area contributed by atoms with Crippen molar-refractivity contribution in [3.63, 3.8) is 0 Å². The van der Waals surface area contributed by atoms with Gasteiger partial charge in [-0.3, -0.25) is 4.79 Å². The second-order valence-corrected chi connectivity index (χ2v) is 6.39. The van der Waals surface area contributed by atoms with Gasteiger partial charge in [0.25, 0.3) is 0 Å². The molecular weight excluding hydrogens is 232 g/mol. The Morgan fingerprint density at radius 2 is 1.71 bits per heavy atom. The van der Waals surface area contributed by atoms with Crippen molar-refractivity contribution in [1.29, 1.82) is 0 Å². The van der Waals surface area contributed by atoms with Crippen LogP contribution in [-0.2, 0) is 4.79 Å². The topological polar surface area (TPSA) is 17.1 Å². The fourth-order valence-corrected chi connectivity index (χ4v) is 3.48. The highest BCUT2D eigenvalue weighted by molar-refractivity contribution is 6.64. The van der Waals surface area contributed by atoms with E-state index in [2.05, 4.69) is 38.1 Å². The first-order chi connectivity index (χ1) is 8.01. The van der Waals surface area contributed by atoms with Gasteiger partial charge in [-0.2, -0.15) is 0 Å². The molecule has 0 heterocycles. The van der Waals surface area contributed by atoms with Gasteiger partial charge in [0.15, 0.2) is 0 Å². The van der Waals surface area contributed by atoms with E-state index in [4.69, 9.17) is 11.6 Å². The van der Waals surface area contributed by atoms with Crippen LogP contribution < -0.4 is 0 Å². The van der Waals surface area contributed by atoms with Crippen LogP contribution in [-0.4, -0.2) is 5.24 Å². The molecule has 0 radical (unpaired) electrons. The molecule has 1 aromatic carbocycles. The molecule has 0 bridgehead atoms. The van der Waals surface area contributed by atoms with Crippen LogP contribution in [0.4, 0.5) is 0 Å². The molecule has 90 valence electrons. The molecule has 3 rings (SSSR count). The summed E-state index contributed by atoms with van der Waals surface area (Å²) in [5.41, 5.74) is 2.74. The first-order valence-electron chi connectivity index (χ1n) is 6.31. The van der Waals surface area contributed by atoms with E-state index in [1.54, 1.807) is 0 Å². The number of carbonyl (C=O) groups is 1. The van der Waals surface area contributed by atoms with Gasteiger partial charge in [-0.15, -0.1) is 0 Å². The fraction of sp³-hybridized carbons (Fsp3) is 0.533. The highest BCUT2D eigenvalue weighted by atomic mass is 35.5. The second-order valence-electron chi connectivity index (χ2n) is 6.02. The summed E-state index contributed by atoms with van der Waals surface area (Å²) in [6, 6.07) is 8.80. The Kier molecular flexibility index (Phi) is 2.38. The van der Waals surface area contributed by atoms with Crippen LogP contribution in [0.1, 0.15) is 49.7 Å². The van der Waals surface area contributed by atoms with E-state index in [0.29, 0.717) is 5.92 Å². The summed E-state index contributed by atoms with van der Waals surface area (Å²) >= 11 is 5.66. The molecule has 1 aromatic rings. The maximum Gasteiger partial charge on any atom is 0.225 e. The van der Waals surface area contributed by atoms with Crippen LogP contribution in [0.15, 0.2) is 24.3 Å². The molecule has 0 saturated heterocycles. The van der Waals surface area contributed by atoms with E-state index in [1.807, 2.05) is 0 Å². The van der Waals surface area contributed by atoms with Gasteiger partial charge in [0.1, 0.15) is 0 Å². The van der Waals surface area contributed by atoms with Gasteiger partial charge in [0.2, 0.25) is 5.24 Å². The van der Waals surface area contributed by atoms with Crippen molar-refractivity contribution in [3.05, 3.63) is 35.4 Å². The quantitative estimate of drug-likeness (QED) is 0.737. The van der Waals surface area contributed by atoms with Crippen molar-refractivity contribution in [2.45, 2.75) is 38.5 Å². The van der Waals surface area contributed by atoms with Gasteiger partial charge in [-0.05, 0) is 46.9 Å². The molecule has 2 unspecified atom stereocenters. The number of hydrogen-bond acceptors (Lipinski definition) is 1. The van der Waals surface area contributed by atoms with Crippen molar-refractivity contribution in [1.82, 2.24) is 0 Å². The Labute approximate surface area is 107 Å². The molecule has 2 saturated carbocycles. The molecule has 0 amide bonds. The van der Waals surface area contributed by atoms with Gasteiger partial charge < -0.3 is 0 Å². The molecule has 2 fully saturated rings. The Morgan fingerprint density at radius 3 is 2.12 bits per heavy atom. The molecule has 2 atom stereocenters. The summed E-state index contributed by atoms with van der Waals surface area (Å²) in [5.74, 6) is 1.10. The molecule has 17 heavy (non-hydrogen) atoms. The summed E-state index contributed by atoms with van der Waals surface area (Å²) in [6.07, 6.45) is 2.66. The molecule has 2 heteroatoms. The van der Waals surface area contributed by atoms with Crippen molar-refractivity contribution < 1.29 is 4.79 Å². The van der Waals surface area contributed by atoms with Gasteiger partial charge in [-0.1, -0.05) is 38.1 Å². The smallest absolute Gasteiger partial charge is 0.225 e. The third kappa shape index (κ3) is 1.81. The molecular formula is C15H17ClO. The zero-order valence-corrected chi connectivity index (χ0v) is 11.0. The minimum Gasteiger partial charge on any atom is -0.281 e. The molecule has 2 aliphatic carbocycles. The molecule has 0 aliphatic heterocycles. The van der Waals surface area contributed by atoms with E-state index < -0.39 is 0 Å². The summed E-state index contributed by atoms with van der Waals surface area (Å²) in [5, 5.41) is -0.189. The lowest BCUT2D eigenvalue weighted by Gasteiger charge is -2.04. The Bertz CT molecular complexity index is 456. The van der Waals surface area contributed by atoms with Crippen LogP contribution >= 0.6 is 11.6 Å². The molecule has 0 aromatic heterocycles. The monoisotopic (exact) mass is 248 g/mol. The second kappa shape index (κ2) is 3.58. The Morgan fingerprint density at radius 1 is 1.18 bits per heavy atom. The minimum absolute atomic E-state index is 0.00376. The number of carbonyl (C=O) groups excluding carboxylic acids is 1. The van der Waals surface area contributed by atoms with Gasteiger partial charge >= 0.3 is 0 Å². The van der Waals surface area contributed by atoms with Crippen LogP contribution in [0.5, 0.6) is 0 Å². The van der Waals surface area contributed by atoms with Crippen LogP contribution in [0.2, 0.25) is 0 Å². The third-order valence-electron chi connectivity index (χ3n) is 4.42. The first-order valence-corrected chi connectivity index (χ1v) is 6.69. The average Bonchev–Trinajstić information content (AvgIpc) is 3.13. The Balaban J connectivity index is 1.83. The lowest BCUT2D eigenvalue weighted by atomic mass is 10.0. The summed E-state index contributed by atoms with van der Waals surface area (Å²) < 4.78 is 0. The van der Waals surface area contributed by atoms with Crippen molar-refractivity contribution >= 4 is 16.8 Å². The zero-order chi connectivity index (χ0) is 12.2. The summed E-state index contributed by atoms with van der Waals surface area (Å²) in [6.45, 7) is 4.24. The normalized spacial score (nSPS) is 30.1. The van der Waals surface area contributed by atoms with E-state index in [0.717, 1.165) is 5.92 Å². The standard InChI is InChI=1S/C15H17ClO/c1-15(2)12(13(15)14(16)17)11-7-5-10(6-8-11)9-3-4-9/h5-9,12-13H,3-4H2,1-2H3. The molecule has 0 spiro atoms. The van der Waals surface area contributed by atoms with E-state index in [9.17, 15) is 4.79 Å². The first kappa shape index (κ1) is 11.3. The number of hydrogen-bond donors (Lipinski definition) is 0. The lowest BCUT2D eigenvalue weighted by molar-refractivity contribution is -0.113. The third-order valence-corrected chi connectivity index (χ3v) is 4.65. The zero-order valence-electron chi connectivity index (χ0n) is 10.2. The van der Waals surface area contributed by atoms with Gasteiger partial charge in [-0.25, -0.2) is 0 Å². The van der Waals surface area contributed by atoms with Gasteiger partial charge in [0, 0.05) is 11.8 Å². The highest BCUT2D eigenvalue weighted by Gasteiger charge is 2.61. The molecule has 0 N–H and O–H groups in total. The average molecular weight is 249 g/mol. The minimum atomic E-state index is -0.189. The van der Waals surface area contributed by atoms with E-state index >= 15 is 0 Å². The fourth-order valence-electron chi connectivity index (χ4n) is 3.08. The van der Waals surface area contributed by atoms with E-state index in [1.165, 1.54) is 24.0 Å². The van der Waals surface area contributed by atoms with Crippen molar-refractivity contribution in [2.75, 3.05) is 0 Å². The largest absolute Gasteiger partial charge is 0.281 e. The summed E-state index contributed by atoms with van der Waals surface area (Å²) in [7, 11) is 0. The van der Waals surface area contributed by atoms with Crippen LogP contribution in [0.25, 0.3) is 0 Å². The van der Waals surface area contributed by atoms with Crippen molar-refractivity contribution in [2.24, 2.45) is 11.3 Å². The van der Waals surface area contributed by atoms with Crippen molar-refractivity contribution in [3.8, 4) is 0 Å². The predicted octanol–water partition coefficient (Wildman–Crippen LogP) is 4.07. The summed E-state index contributed by atoms with van der Waals surface area (Å²) in [4.78, 5) is 11.4. The van der Waals surface area contributed by atoms with Crippen LogP contribution in [0.3, 0.4) is 0 Å². The maximum atomic E-state index is 11.4.